The molecule has 18 heavy (non-hydrogen) atoms. The maximum Gasteiger partial charge on any atom is 0.000680 e. The van der Waals surface area contributed by atoms with E-state index in [0.717, 1.165) is 24.3 Å². The van der Waals surface area contributed by atoms with Crippen LogP contribution in [0.25, 0.3) is 0 Å². The Labute approximate surface area is 115 Å². The molecule has 0 radical (unpaired) electrons. The summed E-state index contributed by atoms with van der Waals surface area (Å²) in [5, 5.41) is 0. The molecule has 0 aromatic carbocycles. The van der Waals surface area contributed by atoms with Crippen LogP contribution in [0.3, 0.4) is 0 Å². The van der Waals surface area contributed by atoms with Crippen molar-refractivity contribution in [1.29, 1.82) is 0 Å². The van der Waals surface area contributed by atoms with Gasteiger partial charge in [0.15, 0.2) is 0 Å². The van der Waals surface area contributed by atoms with Crippen LogP contribution in [0.15, 0.2) is 0 Å². The number of rotatable bonds is 11. The summed E-state index contributed by atoms with van der Waals surface area (Å²) in [7, 11) is 0. The molecule has 2 N–H and O–H groups in total. The van der Waals surface area contributed by atoms with Gasteiger partial charge in [0.25, 0.3) is 0 Å². The third-order valence-corrected chi connectivity index (χ3v) is 4.24. The summed E-state index contributed by atoms with van der Waals surface area (Å²) in [5.74, 6) is 2.42. The van der Waals surface area contributed by atoms with E-state index in [-0.39, 0.29) is 0 Å². The summed E-state index contributed by atoms with van der Waals surface area (Å²) in [5.41, 5.74) is 5.70. The van der Waals surface area contributed by atoms with E-state index in [1.165, 1.54) is 45.3 Å². The van der Waals surface area contributed by atoms with Gasteiger partial charge >= 0.3 is 0 Å². The summed E-state index contributed by atoms with van der Waals surface area (Å²) in [6.07, 6.45) is 5.15. The van der Waals surface area contributed by atoms with Crippen LogP contribution < -0.4 is 5.73 Å². The van der Waals surface area contributed by atoms with Crippen molar-refractivity contribution in [2.75, 3.05) is 26.2 Å². The minimum Gasteiger partial charge on any atom is -0.330 e. The van der Waals surface area contributed by atoms with Crippen molar-refractivity contribution < 1.29 is 0 Å². The third kappa shape index (κ3) is 8.10. The first-order valence-electron chi connectivity index (χ1n) is 7.97. The summed E-state index contributed by atoms with van der Waals surface area (Å²) >= 11 is 0. The summed E-state index contributed by atoms with van der Waals surface area (Å²) in [4.78, 5) is 2.61. The molecule has 0 heterocycles. The number of nitrogens with zero attached hydrogens (tertiary/aromatic N) is 1. The molecule has 0 rings (SSSR count). The fraction of sp³-hybridized carbons (Fsp3) is 1.00. The molecule has 0 aromatic rings. The molecule has 0 aromatic heterocycles. The van der Waals surface area contributed by atoms with Crippen molar-refractivity contribution in [3.63, 3.8) is 0 Å². The van der Waals surface area contributed by atoms with Gasteiger partial charge in [-0.2, -0.15) is 0 Å². The van der Waals surface area contributed by atoms with Crippen LogP contribution in [0.4, 0.5) is 0 Å². The lowest BCUT2D eigenvalue weighted by Gasteiger charge is -2.26. The smallest absolute Gasteiger partial charge is 0.000680 e. The van der Waals surface area contributed by atoms with E-state index in [4.69, 9.17) is 5.73 Å². The molecule has 2 heteroatoms. The van der Waals surface area contributed by atoms with Crippen molar-refractivity contribution in [1.82, 2.24) is 4.90 Å². The van der Waals surface area contributed by atoms with Crippen molar-refractivity contribution >= 4 is 0 Å². The van der Waals surface area contributed by atoms with E-state index in [2.05, 4.69) is 39.5 Å². The molecule has 0 aliphatic carbocycles. The molecule has 2 unspecified atom stereocenters. The highest BCUT2D eigenvalue weighted by Crippen LogP contribution is 2.20. The SMILES string of the molecule is CCC(C)CN(CC)CCCC(CCN)C(C)C. The van der Waals surface area contributed by atoms with E-state index in [0.29, 0.717) is 0 Å². The Hall–Kier alpha value is -0.0800. The number of nitrogens with two attached hydrogens (primary N) is 1. The predicted molar refractivity (Wildman–Crippen MR) is 82.8 cm³/mol. The fourth-order valence-electron chi connectivity index (χ4n) is 2.55. The quantitative estimate of drug-likeness (QED) is 0.610. The Morgan fingerprint density at radius 3 is 2.17 bits per heavy atom. The van der Waals surface area contributed by atoms with Crippen LogP contribution in [-0.2, 0) is 0 Å². The first-order chi connectivity index (χ1) is 8.54. The lowest BCUT2D eigenvalue weighted by atomic mass is 9.88. The molecule has 0 saturated heterocycles. The topological polar surface area (TPSA) is 29.3 Å². The van der Waals surface area contributed by atoms with Gasteiger partial charge in [0.05, 0.1) is 0 Å². The molecule has 0 amide bonds. The molecule has 0 aliphatic rings. The van der Waals surface area contributed by atoms with Gasteiger partial charge in [-0.15, -0.1) is 0 Å². The Bertz CT molecular complexity index is 180. The zero-order chi connectivity index (χ0) is 14.0. The van der Waals surface area contributed by atoms with Crippen LogP contribution >= 0.6 is 0 Å². The second-order valence-electron chi connectivity index (χ2n) is 6.13. The van der Waals surface area contributed by atoms with Gasteiger partial charge in [0.1, 0.15) is 0 Å². The highest BCUT2D eigenvalue weighted by Gasteiger charge is 2.13. The van der Waals surface area contributed by atoms with E-state index in [9.17, 15) is 0 Å². The third-order valence-electron chi connectivity index (χ3n) is 4.24. The molecule has 0 spiro atoms. The van der Waals surface area contributed by atoms with Crippen LogP contribution in [0.5, 0.6) is 0 Å². The Kier molecular flexibility index (Phi) is 10.8. The van der Waals surface area contributed by atoms with Gasteiger partial charge in [0.2, 0.25) is 0 Å². The number of hydrogen-bond acceptors (Lipinski definition) is 2. The van der Waals surface area contributed by atoms with Crippen LogP contribution in [0.1, 0.15) is 60.3 Å². The van der Waals surface area contributed by atoms with Crippen LogP contribution in [-0.4, -0.2) is 31.1 Å². The summed E-state index contributed by atoms with van der Waals surface area (Å²) in [6.45, 7) is 16.1. The molecule has 2 nitrogen and oxygen atoms in total. The van der Waals surface area contributed by atoms with Gasteiger partial charge < -0.3 is 10.6 Å². The largest absolute Gasteiger partial charge is 0.330 e. The average Bonchev–Trinajstić information content (AvgIpc) is 2.35. The second-order valence-corrected chi connectivity index (χ2v) is 6.13. The van der Waals surface area contributed by atoms with E-state index in [1.54, 1.807) is 0 Å². The molecule has 2 atom stereocenters. The first kappa shape index (κ1) is 17.9. The van der Waals surface area contributed by atoms with Crippen molar-refractivity contribution in [3.8, 4) is 0 Å². The lowest BCUT2D eigenvalue weighted by Crippen LogP contribution is -2.30. The van der Waals surface area contributed by atoms with Gasteiger partial charge in [0, 0.05) is 6.54 Å². The Balaban J connectivity index is 3.90. The monoisotopic (exact) mass is 256 g/mol. The Morgan fingerprint density at radius 2 is 1.72 bits per heavy atom. The summed E-state index contributed by atoms with van der Waals surface area (Å²) in [6, 6.07) is 0. The van der Waals surface area contributed by atoms with Crippen molar-refractivity contribution in [2.45, 2.75) is 60.3 Å². The maximum absolute atomic E-state index is 5.70. The average molecular weight is 256 g/mol. The lowest BCUT2D eigenvalue weighted by molar-refractivity contribution is 0.227. The molecule has 0 aliphatic heterocycles. The highest BCUT2D eigenvalue weighted by atomic mass is 15.1. The van der Waals surface area contributed by atoms with Crippen LogP contribution in [0, 0.1) is 17.8 Å². The molecule has 0 saturated carbocycles. The predicted octanol–water partition coefficient (Wildman–Crippen LogP) is 3.76. The molecule has 110 valence electrons. The van der Waals surface area contributed by atoms with Crippen LogP contribution in [0.2, 0.25) is 0 Å². The van der Waals surface area contributed by atoms with Crippen molar-refractivity contribution in [3.05, 3.63) is 0 Å². The first-order valence-corrected chi connectivity index (χ1v) is 7.97. The normalized spacial score (nSPS) is 15.3. The fourth-order valence-corrected chi connectivity index (χ4v) is 2.55. The zero-order valence-corrected chi connectivity index (χ0v) is 13.4. The van der Waals surface area contributed by atoms with Gasteiger partial charge in [-0.05, 0) is 56.7 Å². The molecular weight excluding hydrogens is 220 g/mol. The minimum atomic E-state index is 0.776. The molecular formula is C16H36N2. The summed E-state index contributed by atoms with van der Waals surface area (Å²) < 4.78 is 0. The molecule has 0 fully saturated rings. The Morgan fingerprint density at radius 1 is 1.06 bits per heavy atom. The van der Waals surface area contributed by atoms with Gasteiger partial charge in [-0.1, -0.05) is 41.0 Å². The van der Waals surface area contributed by atoms with Gasteiger partial charge in [-0.25, -0.2) is 0 Å². The second kappa shape index (κ2) is 10.8. The number of hydrogen-bond donors (Lipinski definition) is 1. The van der Waals surface area contributed by atoms with E-state index >= 15 is 0 Å². The zero-order valence-electron chi connectivity index (χ0n) is 13.4. The standard InChI is InChI=1S/C16H36N2/c1-6-15(5)13-18(7-2)12-8-9-16(10-11-17)14(3)4/h14-16H,6-13,17H2,1-5H3. The van der Waals surface area contributed by atoms with Gasteiger partial charge in [-0.3, -0.25) is 0 Å². The maximum atomic E-state index is 5.70. The highest BCUT2D eigenvalue weighted by molar-refractivity contribution is 4.66. The van der Waals surface area contributed by atoms with Crippen molar-refractivity contribution in [2.24, 2.45) is 23.5 Å². The molecule has 0 bridgehead atoms. The van der Waals surface area contributed by atoms with E-state index < -0.39 is 0 Å². The van der Waals surface area contributed by atoms with E-state index in [1.807, 2.05) is 0 Å². The minimum absolute atomic E-state index is 0.776.